The molecule has 1 saturated heterocycles. The number of pyridine rings is 1. The first-order valence-corrected chi connectivity index (χ1v) is 8.04. The number of hydrogen-bond donors (Lipinski definition) is 1. The highest BCUT2D eigenvalue weighted by molar-refractivity contribution is 5.94. The molecule has 2 rings (SSSR count). The third-order valence-electron chi connectivity index (χ3n) is 4.55. The molecule has 1 aromatic heterocycles. The summed E-state index contributed by atoms with van der Waals surface area (Å²) in [6.07, 6.45) is 1.28. The van der Waals surface area contributed by atoms with Gasteiger partial charge in [-0.3, -0.25) is 9.59 Å². The number of nitrogens with zero attached hydrogens (tertiary/aromatic N) is 3. The van der Waals surface area contributed by atoms with E-state index in [1.807, 2.05) is 32.8 Å². The van der Waals surface area contributed by atoms with Crippen LogP contribution in [0.2, 0.25) is 0 Å². The van der Waals surface area contributed by atoms with Crippen molar-refractivity contribution in [2.24, 2.45) is 7.05 Å². The standard InChI is InChI=1S/C17H27N3O3/c1-6-14-12(2)9-13(15(21)19(14)5)16(22)20-8-7-17(23,11-20)10-18(3)4/h9,23H,6-8,10-11H2,1-5H3/t17-/m1/s1. The molecule has 0 spiro atoms. The maximum atomic E-state index is 12.7. The lowest BCUT2D eigenvalue weighted by atomic mass is 10.0. The van der Waals surface area contributed by atoms with Crippen molar-refractivity contribution in [3.05, 3.63) is 33.2 Å². The summed E-state index contributed by atoms with van der Waals surface area (Å²) in [7, 11) is 5.49. The Morgan fingerprint density at radius 1 is 1.43 bits per heavy atom. The zero-order valence-electron chi connectivity index (χ0n) is 14.7. The zero-order valence-corrected chi connectivity index (χ0v) is 14.7. The van der Waals surface area contributed by atoms with Gasteiger partial charge in [-0.15, -0.1) is 0 Å². The summed E-state index contributed by atoms with van der Waals surface area (Å²) in [5.74, 6) is -0.286. The van der Waals surface area contributed by atoms with Crippen molar-refractivity contribution >= 4 is 5.91 Å². The average molecular weight is 321 g/mol. The molecule has 1 aromatic rings. The van der Waals surface area contributed by atoms with Crippen molar-refractivity contribution in [2.75, 3.05) is 33.7 Å². The monoisotopic (exact) mass is 321 g/mol. The summed E-state index contributed by atoms with van der Waals surface area (Å²) in [6.45, 7) is 5.15. The number of likely N-dealkylation sites (tertiary alicyclic amines) is 1. The zero-order chi connectivity index (χ0) is 17.4. The summed E-state index contributed by atoms with van der Waals surface area (Å²) >= 11 is 0. The SMILES string of the molecule is CCc1c(C)cc(C(=O)N2CC[C@@](O)(CN(C)C)C2)c(=O)n1C. The van der Waals surface area contributed by atoms with Crippen molar-refractivity contribution in [1.29, 1.82) is 0 Å². The van der Waals surface area contributed by atoms with Crippen molar-refractivity contribution < 1.29 is 9.90 Å². The molecule has 1 aliphatic heterocycles. The number of rotatable bonds is 4. The fraction of sp³-hybridized carbons (Fsp3) is 0.647. The third-order valence-corrected chi connectivity index (χ3v) is 4.55. The number of likely N-dealkylation sites (N-methyl/N-ethyl adjacent to an activating group) is 1. The molecular formula is C17H27N3O3. The van der Waals surface area contributed by atoms with E-state index in [1.165, 1.54) is 0 Å². The lowest BCUT2D eigenvalue weighted by Gasteiger charge is -2.26. The van der Waals surface area contributed by atoms with E-state index in [2.05, 4.69) is 0 Å². The largest absolute Gasteiger partial charge is 0.387 e. The van der Waals surface area contributed by atoms with Crippen LogP contribution >= 0.6 is 0 Å². The molecule has 0 aliphatic carbocycles. The molecule has 1 aliphatic rings. The lowest BCUT2D eigenvalue weighted by Crippen LogP contribution is -2.44. The van der Waals surface area contributed by atoms with Crippen molar-refractivity contribution in [2.45, 2.75) is 32.3 Å². The number of aliphatic hydroxyl groups is 1. The fourth-order valence-electron chi connectivity index (χ4n) is 3.52. The molecule has 0 bridgehead atoms. The molecule has 23 heavy (non-hydrogen) atoms. The second-order valence-corrected chi connectivity index (χ2v) is 6.84. The number of β-amino-alcohol motifs (C(OH)–C–C–N with tert-alkyl or cyclic N) is 1. The van der Waals surface area contributed by atoms with Crippen LogP contribution in [0.15, 0.2) is 10.9 Å². The summed E-state index contributed by atoms with van der Waals surface area (Å²) in [5.41, 5.74) is 0.914. The Kier molecular flexibility index (Phi) is 4.96. The smallest absolute Gasteiger partial charge is 0.263 e. The summed E-state index contributed by atoms with van der Waals surface area (Å²) in [5, 5.41) is 10.6. The molecule has 6 heteroatoms. The number of aryl methyl sites for hydroxylation is 1. The molecule has 1 N–H and O–H groups in total. The topological polar surface area (TPSA) is 65.8 Å². The quantitative estimate of drug-likeness (QED) is 0.871. The number of amides is 1. The summed E-state index contributed by atoms with van der Waals surface area (Å²) in [6, 6.07) is 1.69. The van der Waals surface area contributed by atoms with Gasteiger partial charge in [-0.1, -0.05) is 6.92 Å². The molecule has 1 amide bonds. The van der Waals surface area contributed by atoms with Crippen LogP contribution in [0, 0.1) is 6.92 Å². The predicted molar refractivity (Wildman–Crippen MR) is 89.8 cm³/mol. The molecule has 6 nitrogen and oxygen atoms in total. The van der Waals surface area contributed by atoms with Gasteiger partial charge in [0.25, 0.3) is 11.5 Å². The Morgan fingerprint density at radius 3 is 2.65 bits per heavy atom. The fourth-order valence-corrected chi connectivity index (χ4v) is 3.52. The molecule has 1 atom stereocenters. The van der Waals surface area contributed by atoms with Gasteiger partial charge in [-0.2, -0.15) is 0 Å². The van der Waals surface area contributed by atoms with Crippen molar-refractivity contribution in [3.8, 4) is 0 Å². The van der Waals surface area contributed by atoms with Crippen molar-refractivity contribution in [3.63, 3.8) is 0 Å². The maximum Gasteiger partial charge on any atom is 0.263 e. The van der Waals surface area contributed by atoms with Crippen LogP contribution in [0.25, 0.3) is 0 Å². The van der Waals surface area contributed by atoms with Gasteiger partial charge in [0.15, 0.2) is 0 Å². The van der Waals surface area contributed by atoms with Gasteiger partial charge in [0, 0.05) is 25.8 Å². The number of carbonyl (C=O) groups excluding carboxylic acids is 1. The number of hydrogen-bond acceptors (Lipinski definition) is 4. The lowest BCUT2D eigenvalue weighted by molar-refractivity contribution is 0.0236. The predicted octanol–water partition coefficient (Wildman–Crippen LogP) is 0.395. The Labute approximate surface area is 137 Å². The van der Waals surface area contributed by atoms with E-state index in [0.29, 0.717) is 19.5 Å². The molecule has 1 fully saturated rings. The molecule has 0 saturated carbocycles. The number of aromatic nitrogens is 1. The van der Waals surface area contributed by atoms with Crippen LogP contribution in [-0.4, -0.2) is 64.7 Å². The van der Waals surface area contributed by atoms with Crippen molar-refractivity contribution in [1.82, 2.24) is 14.4 Å². The molecule has 0 aromatic carbocycles. The van der Waals surface area contributed by atoms with Crippen LogP contribution in [0.3, 0.4) is 0 Å². The van der Waals surface area contributed by atoms with E-state index in [1.54, 1.807) is 22.6 Å². The van der Waals surface area contributed by atoms with E-state index < -0.39 is 5.60 Å². The Hall–Kier alpha value is -1.66. The molecular weight excluding hydrogens is 294 g/mol. The minimum Gasteiger partial charge on any atom is -0.387 e. The van der Waals surface area contributed by atoms with Crippen LogP contribution < -0.4 is 5.56 Å². The highest BCUT2D eigenvalue weighted by atomic mass is 16.3. The van der Waals surface area contributed by atoms with Crippen LogP contribution in [0.1, 0.15) is 35.0 Å². The van der Waals surface area contributed by atoms with E-state index in [4.69, 9.17) is 0 Å². The van der Waals surface area contributed by atoms with Gasteiger partial charge in [-0.25, -0.2) is 0 Å². The summed E-state index contributed by atoms with van der Waals surface area (Å²) in [4.78, 5) is 28.7. The highest BCUT2D eigenvalue weighted by Crippen LogP contribution is 2.23. The molecule has 2 heterocycles. The molecule has 0 unspecified atom stereocenters. The van der Waals surface area contributed by atoms with Crippen LogP contribution in [0.5, 0.6) is 0 Å². The van der Waals surface area contributed by atoms with Gasteiger partial charge >= 0.3 is 0 Å². The second kappa shape index (κ2) is 6.45. The summed E-state index contributed by atoms with van der Waals surface area (Å²) < 4.78 is 1.56. The Bertz CT molecular complexity index is 666. The first kappa shape index (κ1) is 17.7. The first-order valence-electron chi connectivity index (χ1n) is 8.04. The van der Waals surface area contributed by atoms with Crippen LogP contribution in [0.4, 0.5) is 0 Å². The van der Waals surface area contributed by atoms with E-state index in [9.17, 15) is 14.7 Å². The normalized spacial score (nSPS) is 21.3. The Balaban J connectivity index is 2.28. The molecule has 0 radical (unpaired) electrons. The van der Waals surface area contributed by atoms with Crippen LogP contribution in [-0.2, 0) is 13.5 Å². The highest BCUT2D eigenvalue weighted by Gasteiger charge is 2.39. The Morgan fingerprint density at radius 2 is 2.09 bits per heavy atom. The second-order valence-electron chi connectivity index (χ2n) is 6.84. The number of carbonyl (C=O) groups is 1. The van der Waals surface area contributed by atoms with E-state index in [-0.39, 0.29) is 23.6 Å². The van der Waals surface area contributed by atoms with E-state index >= 15 is 0 Å². The first-order chi connectivity index (χ1) is 10.7. The van der Waals surface area contributed by atoms with Gasteiger partial charge in [0.05, 0.1) is 12.1 Å². The van der Waals surface area contributed by atoms with Gasteiger partial charge in [0.1, 0.15) is 5.56 Å². The van der Waals surface area contributed by atoms with Gasteiger partial charge in [0.2, 0.25) is 0 Å². The van der Waals surface area contributed by atoms with E-state index in [0.717, 1.165) is 17.7 Å². The molecule has 128 valence electrons. The average Bonchev–Trinajstić information content (AvgIpc) is 2.83. The minimum absolute atomic E-state index is 0.191. The van der Waals surface area contributed by atoms with Gasteiger partial charge in [-0.05, 0) is 45.5 Å². The third kappa shape index (κ3) is 3.48. The van der Waals surface area contributed by atoms with Gasteiger partial charge < -0.3 is 19.5 Å². The maximum absolute atomic E-state index is 12.7. The minimum atomic E-state index is -0.900.